The first-order chi connectivity index (χ1) is 17.6. The Hall–Kier alpha value is -1.69. The molecule has 14 heteroatoms. The third-order valence-corrected chi connectivity index (χ3v) is 17.7. The van der Waals surface area contributed by atoms with Gasteiger partial charge in [0, 0.05) is 14.1 Å². The summed E-state index contributed by atoms with van der Waals surface area (Å²) in [6.07, 6.45) is -1.92. The highest BCUT2D eigenvalue weighted by Gasteiger charge is 2.66. The first-order valence-electron chi connectivity index (χ1n) is 13.3. The Morgan fingerprint density at radius 3 is 2.11 bits per heavy atom. The van der Waals surface area contributed by atoms with Crippen LogP contribution >= 0.6 is 0 Å². The number of hydrogen-bond donors (Lipinski definition) is 1. The standard InChI is InChI=1S/C24H43FN6O5Si2/c1-13(2)37(14(3)4)34-18-21(33-35-38(36-37,15(5)6)16(7)8)32-22(24(18,9)25)31-12-27-17-19(30(10)11)28-23(26)29-20(17)31/h12-16,18,21-22H,1-11H3,(H2,26,28,29)/t18-,21-,22-,24-/m1/s1. The predicted octanol–water partition coefficient (Wildman–Crippen LogP) is 4.95. The quantitative estimate of drug-likeness (QED) is 0.377. The molecule has 2 N–H and O–H groups in total. The van der Waals surface area contributed by atoms with Gasteiger partial charge in [0.1, 0.15) is 6.10 Å². The van der Waals surface area contributed by atoms with Crippen molar-refractivity contribution >= 4 is 40.1 Å². The van der Waals surface area contributed by atoms with E-state index in [2.05, 4.69) is 70.3 Å². The lowest BCUT2D eigenvalue weighted by Gasteiger charge is -2.50. The van der Waals surface area contributed by atoms with Crippen molar-refractivity contribution in [1.82, 2.24) is 19.5 Å². The summed E-state index contributed by atoms with van der Waals surface area (Å²) < 4.78 is 45.1. The number of nitrogens with zero attached hydrogens (tertiary/aromatic N) is 5. The number of hydrogen-bond acceptors (Lipinski definition) is 10. The lowest BCUT2D eigenvalue weighted by atomic mass is 10.0. The van der Waals surface area contributed by atoms with E-state index in [1.807, 2.05) is 14.1 Å². The molecular weight excluding hydrogens is 527 g/mol. The second-order valence-corrected chi connectivity index (χ2v) is 20.7. The summed E-state index contributed by atoms with van der Waals surface area (Å²) in [5, 5.41) is 0. The highest BCUT2D eigenvalue weighted by Crippen LogP contribution is 2.52. The van der Waals surface area contributed by atoms with E-state index in [9.17, 15) is 0 Å². The van der Waals surface area contributed by atoms with Gasteiger partial charge >= 0.3 is 17.1 Å². The zero-order valence-electron chi connectivity index (χ0n) is 24.4. The second-order valence-electron chi connectivity index (χ2n) is 12.0. The highest BCUT2D eigenvalue weighted by atomic mass is 28.5. The SMILES string of the molecule is CC(C)[Si]1(C(C)C)OO[C@H]2O[C@@H](n3cnc4c(N(C)C)nc(N)nc43)[C@](C)(F)[C@@H]2O[Si](C(C)C)(C(C)C)O1. The van der Waals surface area contributed by atoms with E-state index in [1.165, 1.54) is 17.8 Å². The Kier molecular flexibility index (Phi) is 7.75. The Labute approximate surface area is 226 Å². The zero-order valence-corrected chi connectivity index (χ0v) is 26.4. The zero-order chi connectivity index (χ0) is 28.4. The maximum Gasteiger partial charge on any atom is 0.372 e. The summed E-state index contributed by atoms with van der Waals surface area (Å²) in [6.45, 7) is 18.1. The van der Waals surface area contributed by atoms with Crippen molar-refractivity contribution in [3.8, 4) is 0 Å². The number of aromatic nitrogens is 4. The summed E-state index contributed by atoms with van der Waals surface area (Å²) in [5.41, 5.74) is 4.94. The van der Waals surface area contributed by atoms with Crippen LogP contribution in [0.15, 0.2) is 6.33 Å². The smallest absolute Gasteiger partial charge is 0.372 e. The minimum Gasteiger partial charge on any atom is -0.412 e. The van der Waals surface area contributed by atoms with Crippen LogP contribution in [0, 0.1) is 0 Å². The second kappa shape index (κ2) is 10.1. The van der Waals surface area contributed by atoms with Crippen LogP contribution in [0.5, 0.6) is 0 Å². The van der Waals surface area contributed by atoms with Crippen LogP contribution in [0.4, 0.5) is 16.2 Å². The van der Waals surface area contributed by atoms with E-state index >= 15 is 4.39 Å². The first kappa shape index (κ1) is 29.3. The van der Waals surface area contributed by atoms with Crippen LogP contribution in [-0.4, -0.2) is 68.8 Å². The van der Waals surface area contributed by atoms with Gasteiger partial charge < -0.3 is 23.9 Å². The van der Waals surface area contributed by atoms with Gasteiger partial charge in [-0.2, -0.15) is 9.97 Å². The van der Waals surface area contributed by atoms with Gasteiger partial charge in [-0.05, 0) is 29.1 Å². The molecule has 0 saturated carbocycles. The Bertz CT molecular complexity index is 1140. The van der Waals surface area contributed by atoms with Gasteiger partial charge in [-0.3, -0.25) is 4.57 Å². The van der Waals surface area contributed by atoms with Crippen LogP contribution in [0.2, 0.25) is 22.2 Å². The molecule has 2 aliphatic rings. The molecule has 0 aliphatic carbocycles. The van der Waals surface area contributed by atoms with Crippen LogP contribution in [0.3, 0.4) is 0 Å². The molecule has 11 nitrogen and oxygen atoms in total. The van der Waals surface area contributed by atoms with Gasteiger partial charge in [0.25, 0.3) is 0 Å². The van der Waals surface area contributed by atoms with Gasteiger partial charge in [0.15, 0.2) is 28.9 Å². The largest absolute Gasteiger partial charge is 0.412 e. The van der Waals surface area contributed by atoms with Crippen molar-refractivity contribution < 1.29 is 27.1 Å². The molecule has 4 heterocycles. The van der Waals surface area contributed by atoms with Gasteiger partial charge in [-0.15, -0.1) is 0 Å². The molecule has 38 heavy (non-hydrogen) atoms. The first-order valence-corrected chi connectivity index (χ1v) is 17.3. The monoisotopic (exact) mass is 570 g/mol. The topological polar surface area (TPSA) is 119 Å². The van der Waals surface area contributed by atoms with Crippen molar-refractivity contribution in [2.24, 2.45) is 0 Å². The minimum atomic E-state index is -3.10. The molecule has 4 rings (SSSR count). The Balaban J connectivity index is 1.84. The molecule has 0 amide bonds. The van der Waals surface area contributed by atoms with Gasteiger partial charge in [-0.25, -0.2) is 18.8 Å². The number of fused-ring (bicyclic) bond motifs is 2. The molecule has 2 saturated heterocycles. The molecule has 2 aromatic heterocycles. The Morgan fingerprint density at radius 1 is 1.00 bits per heavy atom. The number of nitrogen functional groups attached to an aromatic ring is 1. The summed E-state index contributed by atoms with van der Waals surface area (Å²) >= 11 is 0. The van der Waals surface area contributed by atoms with E-state index in [-0.39, 0.29) is 28.1 Å². The number of ether oxygens (including phenoxy) is 1. The van der Waals surface area contributed by atoms with Gasteiger partial charge in [0.2, 0.25) is 12.2 Å². The lowest BCUT2D eigenvalue weighted by molar-refractivity contribution is -0.351. The van der Waals surface area contributed by atoms with Gasteiger partial charge in [0.05, 0.1) is 6.33 Å². The molecule has 0 bridgehead atoms. The van der Waals surface area contributed by atoms with Crippen molar-refractivity contribution in [3.05, 3.63) is 6.33 Å². The van der Waals surface area contributed by atoms with E-state index in [0.29, 0.717) is 17.0 Å². The molecule has 0 radical (unpaired) electrons. The molecule has 214 valence electrons. The summed E-state index contributed by atoms with van der Waals surface area (Å²) in [5.74, 6) is 0.572. The fourth-order valence-corrected chi connectivity index (χ4v) is 16.3. The number of rotatable bonds is 6. The summed E-state index contributed by atoms with van der Waals surface area (Å²) in [6, 6.07) is 0. The van der Waals surface area contributed by atoms with E-state index in [4.69, 9.17) is 28.5 Å². The highest BCUT2D eigenvalue weighted by molar-refractivity contribution is 6.83. The maximum absolute atomic E-state index is 17.0. The van der Waals surface area contributed by atoms with Crippen LogP contribution in [0.1, 0.15) is 68.5 Å². The molecule has 0 aromatic carbocycles. The average Bonchev–Trinajstić information content (AvgIpc) is 3.30. The molecule has 2 aliphatic heterocycles. The van der Waals surface area contributed by atoms with E-state index in [0.717, 1.165) is 0 Å². The summed E-state index contributed by atoms with van der Waals surface area (Å²) in [4.78, 5) is 20.8. The van der Waals surface area contributed by atoms with Crippen molar-refractivity contribution in [2.45, 2.75) is 109 Å². The number of alkyl halides is 1. The molecule has 2 fully saturated rings. The minimum absolute atomic E-state index is 0.0216. The van der Waals surface area contributed by atoms with Crippen molar-refractivity contribution in [1.29, 1.82) is 0 Å². The van der Waals surface area contributed by atoms with Crippen molar-refractivity contribution in [2.75, 3.05) is 24.7 Å². The third-order valence-electron chi connectivity index (χ3n) is 7.77. The van der Waals surface area contributed by atoms with E-state index in [1.54, 1.807) is 4.90 Å². The average molecular weight is 571 g/mol. The molecule has 4 atom stereocenters. The number of halogens is 1. The van der Waals surface area contributed by atoms with Crippen LogP contribution in [-0.2, 0) is 22.7 Å². The Morgan fingerprint density at radius 2 is 1.58 bits per heavy atom. The summed E-state index contributed by atoms with van der Waals surface area (Å²) in [7, 11) is -2.44. The maximum atomic E-state index is 17.0. The molecule has 0 spiro atoms. The fraction of sp³-hybridized carbons (Fsp3) is 0.792. The van der Waals surface area contributed by atoms with E-state index < -0.39 is 41.4 Å². The fourth-order valence-electron chi connectivity index (χ4n) is 5.60. The molecular formula is C24H43FN6O5Si2. The predicted molar refractivity (Wildman–Crippen MR) is 148 cm³/mol. The number of nitrogens with two attached hydrogens (primary N) is 1. The third kappa shape index (κ3) is 4.47. The number of imidazole rings is 1. The number of anilines is 2. The van der Waals surface area contributed by atoms with Crippen LogP contribution in [0.25, 0.3) is 11.2 Å². The van der Waals surface area contributed by atoms with Crippen molar-refractivity contribution in [3.63, 3.8) is 0 Å². The van der Waals surface area contributed by atoms with Gasteiger partial charge in [-0.1, -0.05) is 55.4 Å². The van der Waals surface area contributed by atoms with Crippen LogP contribution < -0.4 is 10.6 Å². The molecule has 2 aromatic rings. The normalized spacial score (nSPS) is 29.3. The lowest BCUT2D eigenvalue weighted by Crippen LogP contribution is -2.66. The molecule has 0 unspecified atom stereocenters.